The van der Waals surface area contributed by atoms with E-state index >= 15 is 0 Å². The normalized spacial score (nSPS) is 31.7. The summed E-state index contributed by atoms with van der Waals surface area (Å²) < 4.78 is 0. The van der Waals surface area contributed by atoms with Crippen LogP contribution in [0.1, 0.15) is 126 Å². The van der Waals surface area contributed by atoms with Crippen LogP contribution in [0.15, 0.2) is 24.3 Å². The Balaban J connectivity index is 1.54. The van der Waals surface area contributed by atoms with Crippen molar-refractivity contribution in [1.29, 1.82) is 0 Å². The largest absolute Gasteiger partial charge is 0.316 e. The predicted octanol–water partition coefficient (Wildman–Crippen LogP) is 7.23. The number of hydrogen-bond donors (Lipinski definition) is 1. The van der Waals surface area contributed by atoms with E-state index in [1.165, 1.54) is 89.0 Å². The third-order valence-electron chi connectivity index (χ3n) is 8.52. The Morgan fingerprint density at radius 1 is 0.774 bits per heavy atom. The van der Waals surface area contributed by atoms with Crippen LogP contribution < -0.4 is 5.32 Å². The van der Waals surface area contributed by atoms with Crippen molar-refractivity contribution < 1.29 is 4.79 Å². The van der Waals surface area contributed by atoms with Gasteiger partial charge in [0.2, 0.25) is 0 Å². The Morgan fingerprint density at radius 3 is 2.06 bits per heavy atom. The summed E-state index contributed by atoms with van der Waals surface area (Å²) in [5, 5.41) is 4.04. The van der Waals surface area contributed by atoms with Crippen LogP contribution in [-0.2, 0) is 0 Å². The molecule has 0 bridgehead atoms. The molecular formula is C28H44N2O. The molecular weight excluding hydrogens is 380 g/mol. The number of rotatable bonds is 3. The lowest BCUT2D eigenvalue weighted by molar-refractivity contribution is 0.0290. The second-order valence-electron chi connectivity index (χ2n) is 10.7. The molecule has 2 aliphatic carbocycles. The molecule has 0 aromatic heterocycles. The molecule has 0 spiro atoms. The predicted molar refractivity (Wildman–Crippen MR) is 129 cm³/mol. The first kappa shape index (κ1) is 22.8. The van der Waals surface area contributed by atoms with Crippen LogP contribution in [0.2, 0.25) is 0 Å². The molecule has 0 saturated heterocycles. The number of carbonyl (C=O) groups excluding carboxylic acids is 1. The Kier molecular flexibility index (Phi) is 8.09. The highest BCUT2D eigenvalue weighted by Crippen LogP contribution is 2.41. The molecule has 1 heterocycles. The molecule has 172 valence electrons. The molecule has 3 heteroatoms. The maximum atomic E-state index is 13.6. The minimum atomic E-state index is 0.0550. The zero-order chi connectivity index (χ0) is 21.6. The first-order valence-corrected chi connectivity index (χ1v) is 13.3. The van der Waals surface area contributed by atoms with Crippen molar-refractivity contribution in [2.75, 3.05) is 0 Å². The highest BCUT2D eigenvalue weighted by Gasteiger charge is 2.44. The summed E-state index contributed by atoms with van der Waals surface area (Å²) in [5.41, 5.74) is 2.14. The Bertz CT molecular complexity index is 705. The van der Waals surface area contributed by atoms with Crippen LogP contribution in [0, 0.1) is 11.8 Å². The van der Waals surface area contributed by atoms with Gasteiger partial charge in [0.05, 0.1) is 0 Å². The zero-order valence-electron chi connectivity index (χ0n) is 20.0. The number of hydrogen-bond acceptors (Lipinski definition) is 2. The van der Waals surface area contributed by atoms with Crippen molar-refractivity contribution >= 4 is 5.91 Å². The lowest BCUT2D eigenvalue weighted by Gasteiger charge is -2.43. The van der Waals surface area contributed by atoms with E-state index in [0.29, 0.717) is 23.9 Å². The molecule has 3 nitrogen and oxygen atoms in total. The molecule has 2 saturated carbocycles. The van der Waals surface area contributed by atoms with Crippen LogP contribution in [0.5, 0.6) is 0 Å². The number of nitrogens with one attached hydrogen (secondary N) is 1. The third kappa shape index (κ3) is 5.35. The minimum Gasteiger partial charge on any atom is -0.316 e. The molecule has 1 N–H and O–H groups in total. The summed E-state index contributed by atoms with van der Waals surface area (Å²) in [5.74, 6) is 1.51. The monoisotopic (exact) mass is 424 g/mol. The average molecular weight is 425 g/mol. The number of amides is 1. The SMILES string of the molecule is CC1CCCC(N2C(=O)c3ccccc3C2NC2CCCCCCCCCCC2)C1C. The van der Waals surface area contributed by atoms with Crippen LogP contribution in [-0.4, -0.2) is 22.9 Å². The van der Waals surface area contributed by atoms with Crippen LogP contribution >= 0.6 is 0 Å². The van der Waals surface area contributed by atoms with Crippen molar-refractivity contribution in [3.05, 3.63) is 35.4 Å². The highest BCUT2D eigenvalue weighted by molar-refractivity contribution is 5.99. The molecule has 1 amide bonds. The minimum absolute atomic E-state index is 0.0550. The summed E-state index contributed by atoms with van der Waals surface area (Å²) in [6, 6.07) is 9.24. The first-order valence-electron chi connectivity index (χ1n) is 13.3. The molecule has 4 rings (SSSR count). The van der Waals surface area contributed by atoms with Gasteiger partial charge in [0.1, 0.15) is 6.17 Å². The van der Waals surface area contributed by atoms with Crippen molar-refractivity contribution in [1.82, 2.24) is 10.2 Å². The third-order valence-corrected chi connectivity index (χ3v) is 8.52. The lowest BCUT2D eigenvalue weighted by Crippen LogP contribution is -2.51. The maximum absolute atomic E-state index is 13.6. The first-order chi connectivity index (χ1) is 15.2. The van der Waals surface area contributed by atoms with E-state index in [9.17, 15) is 4.79 Å². The molecule has 1 aromatic rings. The summed E-state index contributed by atoms with van der Waals surface area (Å²) in [4.78, 5) is 15.9. The second-order valence-corrected chi connectivity index (χ2v) is 10.7. The summed E-state index contributed by atoms with van der Waals surface area (Å²) in [6.07, 6.45) is 18.6. The van der Waals surface area contributed by atoms with Gasteiger partial charge in [0, 0.05) is 23.2 Å². The fourth-order valence-corrected chi connectivity index (χ4v) is 6.35. The van der Waals surface area contributed by atoms with Gasteiger partial charge in [-0.25, -0.2) is 0 Å². The van der Waals surface area contributed by atoms with Crippen molar-refractivity contribution in [3.63, 3.8) is 0 Å². The van der Waals surface area contributed by atoms with Gasteiger partial charge in [-0.15, -0.1) is 0 Å². The van der Waals surface area contributed by atoms with Crippen molar-refractivity contribution in [2.45, 2.75) is 122 Å². The van der Waals surface area contributed by atoms with E-state index in [2.05, 4.69) is 36.2 Å². The van der Waals surface area contributed by atoms with Gasteiger partial charge >= 0.3 is 0 Å². The topological polar surface area (TPSA) is 32.3 Å². The maximum Gasteiger partial charge on any atom is 0.256 e. The molecule has 2 fully saturated rings. The van der Waals surface area contributed by atoms with E-state index in [1.54, 1.807) is 0 Å². The van der Waals surface area contributed by atoms with E-state index in [4.69, 9.17) is 0 Å². The molecule has 0 radical (unpaired) electrons. The van der Waals surface area contributed by atoms with Crippen LogP contribution in [0.3, 0.4) is 0 Å². The van der Waals surface area contributed by atoms with E-state index in [-0.39, 0.29) is 12.1 Å². The average Bonchev–Trinajstić information content (AvgIpc) is 3.04. The smallest absolute Gasteiger partial charge is 0.256 e. The fourth-order valence-electron chi connectivity index (χ4n) is 6.35. The lowest BCUT2D eigenvalue weighted by atomic mass is 9.77. The molecule has 3 aliphatic rings. The van der Waals surface area contributed by atoms with Crippen LogP contribution in [0.4, 0.5) is 0 Å². The Morgan fingerprint density at radius 2 is 1.39 bits per heavy atom. The van der Waals surface area contributed by atoms with E-state index < -0.39 is 0 Å². The van der Waals surface area contributed by atoms with Crippen molar-refractivity contribution in [2.24, 2.45) is 11.8 Å². The molecule has 4 unspecified atom stereocenters. The van der Waals surface area contributed by atoms with Gasteiger partial charge in [-0.3, -0.25) is 10.1 Å². The fraction of sp³-hybridized carbons (Fsp3) is 0.750. The quantitative estimate of drug-likeness (QED) is 0.555. The van der Waals surface area contributed by atoms with E-state index in [0.717, 1.165) is 12.0 Å². The molecule has 4 atom stereocenters. The van der Waals surface area contributed by atoms with Gasteiger partial charge in [-0.05, 0) is 37.2 Å². The number of benzene rings is 1. The Labute approximate surface area is 190 Å². The highest BCUT2D eigenvalue weighted by atomic mass is 16.2. The zero-order valence-corrected chi connectivity index (χ0v) is 20.0. The summed E-state index contributed by atoms with van der Waals surface area (Å²) >= 11 is 0. The second kappa shape index (κ2) is 11.0. The van der Waals surface area contributed by atoms with Gasteiger partial charge in [0.25, 0.3) is 5.91 Å². The van der Waals surface area contributed by atoms with Crippen molar-refractivity contribution in [3.8, 4) is 0 Å². The number of carbonyl (C=O) groups is 1. The van der Waals surface area contributed by atoms with Gasteiger partial charge in [-0.2, -0.15) is 0 Å². The summed E-state index contributed by atoms with van der Waals surface area (Å²) in [7, 11) is 0. The standard InChI is InChI=1S/C28H44N2O/c1-21-15-14-20-26(22(21)2)30-27(24-18-12-13-19-25(24)28(30)31)29-23-16-10-8-6-4-3-5-7-9-11-17-23/h12-13,18-19,21-23,26-27,29H,3-11,14-17,20H2,1-2H3. The molecule has 1 aliphatic heterocycles. The van der Waals surface area contributed by atoms with Crippen LogP contribution in [0.25, 0.3) is 0 Å². The van der Waals surface area contributed by atoms with Gasteiger partial charge in [-0.1, -0.05) is 103 Å². The number of nitrogens with zero attached hydrogens (tertiary/aromatic N) is 1. The number of fused-ring (bicyclic) bond motifs is 1. The van der Waals surface area contributed by atoms with E-state index in [1.807, 2.05) is 12.1 Å². The Hall–Kier alpha value is -1.35. The molecule has 31 heavy (non-hydrogen) atoms. The van der Waals surface area contributed by atoms with Gasteiger partial charge in [0.15, 0.2) is 0 Å². The molecule has 1 aromatic carbocycles. The summed E-state index contributed by atoms with van der Waals surface area (Å²) in [6.45, 7) is 4.75. The van der Waals surface area contributed by atoms with Gasteiger partial charge < -0.3 is 4.90 Å².